The maximum absolute atomic E-state index is 12.3. The van der Waals surface area contributed by atoms with E-state index < -0.39 is 0 Å². The Morgan fingerprint density at radius 3 is 2.62 bits per heavy atom. The van der Waals surface area contributed by atoms with Gasteiger partial charge in [0.1, 0.15) is 5.75 Å². The zero-order valence-corrected chi connectivity index (χ0v) is 18.3. The van der Waals surface area contributed by atoms with Crippen LogP contribution in [0.25, 0.3) is 16.3 Å². The van der Waals surface area contributed by atoms with Gasteiger partial charge in [-0.1, -0.05) is 63.7 Å². The van der Waals surface area contributed by atoms with Crippen LogP contribution in [-0.2, 0) is 10.2 Å². The van der Waals surface area contributed by atoms with E-state index in [-0.39, 0.29) is 11.3 Å². The molecule has 3 aromatic rings. The summed E-state index contributed by atoms with van der Waals surface area (Å²) in [7, 11) is 0. The van der Waals surface area contributed by atoms with Crippen molar-refractivity contribution in [1.29, 1.82) is 0 Å². The molecule has 0 aliphatic rings. The van der Waals surface area contributed by atoms with Crippen molar-refractivity contribution in [2.75, 3.05) is 11.9 Å². The Labute approximate surface area is 176 Å². The summed E-state index contributed by atoms with van der Waals surface area (Å²) < 4.78 is 6.73. The van der Waals surface area contributed by atoms with Crippen LogP contribution in [0.5, 0.6) is 5.75 Å². The Balaban J connectivity index is 1.61. The normalized spacial score (nSPS) is 11.9. The van der Waals surface area contributed by atoms with Crippen molar-refractivity contribution in [2.24, 2.45) is 0 Å². The second-order valence-corrected chi connectivity index (χ2v) is 9.08. The Morgan fingerprint density at radius 1 is 1.17 bits per heavy atom. The number of ether oxygens (including phenoxy) is 1. The topological polar surface area (TPSA) is 51.2 Å². The molecule has 0 spiro atoms. The molecule has 3 rings (SSSR count). The highest BCUT2D eigenvalue weighted by molar-refractivity contribution is 7.22. The molecule has 1 heterocycles. The molecule has 4 nitrogen and oxygen atoms in total. The zero-order chi connectivity index (χ0) is 20.9. The summed E-state index contributed by atoms with van der Waals surface area (Å²) in [5, 5.41) is 3.47. The Morgan fingerprint density at radius 2 is 1.93 bits per heavy atom. The van der Waals surface area contributed by atoms with Gasteiger partial charge in [0.05, 0.1) is 16.8 Å². The summed E-state index contributed by atoms with van der Waals surface area (Å²) in [6.45, 7) is 9.43. The first-order valence-electron chi connectivity index (χ1n) is 9.98. The second-order valence-electron chi connectivity index (χ2n) is 8.05. The quantitative estimate of drug-likeness (QED) is 0.362. The molecule has 1 amide bonds. The van der Waals surface area contributed by atoms with E-state index in [1.165, 1.54) is 23.0 Å². The largest absolute Gasteiger partial charge is 0.494 e. The third kappa shape index (κ3) is 5.91. The van der Waals surface area contributed by atoms with E-state index in [9.17, 15) is 4.79 Å². The van der Waals surface area contributed by atoms with Gasteiger partial charge in [-0.05, 0) is 53.3 Å². The van der Waals surface area contributed by atoms with E-state index in [1.54, 1.807) is 6.08 Å². The van der Waals surface area contributed by atoms with E-state index in [1.807, 2.05) is 30.3 Å². The molecule has 0 aliphatic heterocycles. The second kappa shape index (κ2) is 9.23. The number of hydrogen-bond acceptors (Lipinski definition) is 4. The number of unbranched alkanes of at least 4 members (excludes halogenated alkanes) is 1. The molecule has 0 bridgehead atoms. The van der Waals surface area contributed by atoms with Crippen molar-refractivity contribution in [2.45, 2.75) is 46.0 Å². The van der Waals surface area contributed by atoms with Gasteiger partial charge < -0.3 is 4.74 Å². The minimum atomic E-state index is -0.191. The Hall–Kier alpha value is -2.66. The highest BCUT2D eigenvalue weighted by atomic mass is 32.1. The molecule has 152 valence electrons. The first-order chi connectivity index (χ1) is 13.8. The fraction of sp³-hybridized carbons (Fsp3) is 0.333. The number of aromatic nitrogens is 1. The highest BCUT2D eigenvalue weighted by Gasteiger charge is 2.15. The smallest absolute Gasteiger partial charge is 0.250 e. The van der Waals surface area contributed by atoms with Crippen LogP contribution in [0, 0.1) is 0 Å². The molecular formula is C24H28N2O2S. The van der Waals surface area contributed by atoms with Crippen molar-refractivity contribution >= 4 is 38.7 Å². The molecule has 0 unspecified atom stereocenters. The lowest BCUT2D eigenvalue weighted by atomic mass is 9.87. The van der Waals surface area contributed by atoms with Crippen molar-refractivity contribution in [3.05, 3.63) is 59.7 Å². The predicted molar refractivity (Wildman–Crippen MR) is 123 cm³/mol. The number of anilines is 1. The molecule has 2 aromatic carbocycles. The summed E-state index contributed by atoms with van der Waals surface area (Å²) >= 11 is 1.50. The number of carbonyl (C=O) groups is 1. The fourth-order valence-electron chi connectivity index (χ4n) is 2.77. The van der Waals surface area contributed by atoms with Gasteiger partial charge in [0.15, 0.2) is 5.13 Å². The summed E-state index contributed by atoms with van der Waals surface area (Å²) in [5.74, 6) is 0.660. The standard InChI is InChI=1S/C24H28N2O2S/c1-5-6-15-28-19-11-7-17(8-12-19)9-14-22(27)26-23-25-20-13-10-18(24(2,3)4)16-21(20)29-23/h7-14,16H,5-6,15H2,1-4H3,(H,25,26,27)/b14-9+. The molecule has 0 atom stereocenters. The Kier molecular flexibility index (Phi) is 6.70. The number of amides is 1. The summed E-state index contributed by atoms with van der Waals surface area (Å²) in [6.07, 6.45) is 5.48. The fourth-order valence-corrected chi connectivity index (χ4v) is 3.68. The maximum Gasteiger partial charge on any atom is 0.250 e. The molecule has 29 heavy (non-hydrogen) atoms. The first-order valence-corrected chi connectivity index (χ1v) is 10.8. The van der Waals surface area contributed by atoms with E-state index in [4.69, 9.17) is 4.74 Å². The Bertz CT molecular complexity index is 998. The molecule has 0 saturated heterocycles. The van der Waals surface area contributed by atoms with Gasteiger partial charge in [-0.3, -0.25) is 10.1 Å². The van der Waals surface area contributed by atoms with Crippen molar-refractivity contribution < 1.29 is 9.53 Å². The van der Waals surface area contributed by atoms with Gasteiger partial charge in [0.25, 0.3) is 0 Å². The molecule has 1 N–H and O–H groups in total. The number of fused-ring (bicyclic) bond motifs is 1. The van der Waals surface area contributed by atoms with E-state index in [2.05, 4.69) is 50.1 Å². The molecule has 0 fully saturated rings. The summed E-state index contributed by atoms with van der Waals surface area (Å²) in [5.41, 5.74) is 3.19. The van der Waals surface area contributed by atoms with Crippen LogP contribution < -0.4 is 10.1 Å². The molecule has 1 aromatic heterocycles. The molecule has 0 radical (unpaired) electrons. The maximum atomic E-state index is 12.3. The number of carbonyl (C=O) groups excluding carboxylic acids is 1. The lowest BCUT2D eigenvalue weighted by molar-refractivity contribution is -0.111. The molecular weight excluding hydrogens is 380 g/mol. The average Bonchev–Trinajstić information content (AvgIpc) is 3.08. The van der Waals surface area contributed by atoms with Crippen LogP contribution in [0.2, 0.25) is 0 Å². The van der Waals surface area contributed by atoms with Crippen LogP contribution in [0.3, 0.4) is 0 Å². The van der Waals surface area contributed by atoms with Gasteiger partial charge >= 0.3 is 0 Å². The number of hydrogen-bond donors (Lipinski definition) is 1. The lowest BCUT2D eigenvalue weighted by Gasteiger charge is -2.18. The van der Waals surface area contributed by atoms with E-state index >= 15 is 0 Å². The lowest BCUT2D eigenvalue weighted by Crippen LogP contribution is -2.10. The molecule has 0 saturated carbocycles. The molecule has 5 heteroatoms. The zero-order valence-electron chi connectivity index (χ0n) is 17.5. The third-order valence-corrected chi connectivity index (χ3v) is 5.49. The summed E-state index contributed by atoms with van der Waals surface area (Å²) in [6, 6.07) is 14.0. The number of thiazole rings is 1. The number of rotatable bonds is 7. The highest BCUT2D eigenvalue weighted by Crippen LogP contribution is 2.31. The number of benzene rings is 2. The summed E-state index contributed by atoms with van der Waals surface area (Å²) in [4.78, 5) is 16.8. The van der Waals surface area contributed by atoms with Crippen LogP contribution in [0.4, 0.5) is 5.13 Å². The van der Waals surface area contributed by atoms with Crippen LogP contribution >= 0.6 is 11.3 Å². The number of nitrogens with zero attached hydrogens (tertiary/aromatic N) is 1. The van der Waals surface area contributed by atoms with Crippen LogP contribution in [-0.4, -0.2) is 17.5 Å². The van der Waals surface area contributed by atoms with Gasteiger partial charge in [0, 0.05) is 6.08 Å². The van der Waals surface area contributed by atoms with Gasteiger partial charge in [-0.15, -0.1) is 0 Å². The van der Waals surface area contributed by atoms with E-state index in [0.29, 0.717) is 5.13 Å². The van der Waals surface area contributed by atoms with Gasteiger partial charge in [-0.25, -0.2) is 4.98 Å². The minimum Gasteiger partial charge on any atom is -0.494 e. The third-order valence-electron chi connectivity index (χ3n) is 4.56. The van der Waals surface area contributed by atoms with Gasteiger partial charge in [0.2, 0.25) is 5.91 Å². The SMILES string of the molecule is CCCCOc1ccc(/C=C/C(=O)Nc2nc3ccc(C(C)(C)C)cc3s2)cc1. The van der Waals surface area contributed by atoms with Crippen molar-refractivity contribution in [3.63, 3.8) is 0 Å². The van der Waals surface area contributed by atoms with E-state index in [0.717, 1.165) is 41.0 Å². The first kappa shape index (κ1) is 21.1. The van der Waals surface area contributed by atoms with Gasteiger partial charge in [-0.2, -0.15) is 0 Å². The van der Waals surface area contributed by atoms with Crippen molar-refractivity contribution in [3.8, 4) is 5.75 Å². The predicted octanol–water partition coefficient (Wildman–Crippen LogP) is 6.42. The van der Waals surface area contributed by atoms with Crippen molar-refractivity contribution in [1.82, 2.24) is 4.98 Å². The monoisotopic (exact) mass is 408 g/mol. The van der Waals surface area contributed by atoms with Crippen LogP contribution in [0.1, 0.15) is 51.7 Å². The minimum absolute atomic E-state index is 0.0842. The van der Waals surface area contributed by atoms with Crippen LogP contribution in [0.15, 0.2) is 48.5 Å². The molecule has 0 aliphatic carbocycles. The average molecular weight is 409 g/mol. The number of nitrogens with one attached hydrogen (secondary N) is 1.